The first-order valence-corrected chi connectivity index (χ1v) is 11.0. The number of fused-ring (bicyclic) bond motifs is 1. The van der Waals surface area contributed by atoms with Crippen LogP contribution >= 0.6 is 0 Å². The third-order valence-corrected chi connectivity index (χ3v) is 5.96. The van der Waals surface area contributed by atoms with E-state index < -0.39 is 5.97 Å². The fourth-order valence-electron chi connectivity index (χ4n) is 4.13. The smallest absolute Gasteiger partial charge is 0.338 e. The summed E-state index contributed by atoms with van der Waals surface area (Å²) in [6, 6.07) is 13.4. The maximum absolute atomic E-state index is 12.3. The van der Waals surface area contributed by atoms with Crippen molar-refractivity contribution in [2.24, 2.45) is 5.10 Å². The van der Waals surface area contributed by atoms with Crippen molar-refractivity contribution in [3.63, 3.8) is 0 Å². The maximum Gasteiger partial charge on any atom is 0.338 e. The van der Waals surface area contributed by atoms with Crippen molar-refractivity contribution in [1.82, 2.24) is 5.32 Å². The molecule has 2 aromatic rings. The van der Waals surface area contributed by atoms with Gasteiger partial charge in [0.1, 0.15) is 0 Å². The van der Waals surface area contributed by atoms with Gasteiger partial charge in [-0.1, -0.05) is 18.2 Å². The first-order valence-electron chi connectivity index (χ1n) is 11.0. The van der Waals surface area contributed by atoms with Gasteiger partial charge < -0.3 is 10.1 Å². The van der Waals surface area contributed by atoms with Gasteiger partial charge in [-0.3, -0.25) is 9.80 Å². The second-order valence-electron chi connectivity index (χ2n) is 8.36. The lowest BCUT2D eigenvalue weighted by Crippen LogP contribution is -2.31. The van der Waals surface area contributed by atoms with Crippen LogP contribution in [0.5, 0.6) is 0 Å². The third kappa shape index (κ3) is 5.13. The summed E-state index contributed by atoms with van der Waals surface area (Å²) in [5.74, 6) is -0.818. The van der Waals surface area contributed by atoms with E-state index in [0.29, 0.717) is 5.56 Å². The van der Waals surface area contributed by atoms with Crippen LogP contribution in [0.3, 0.4) is 0 Å². The van der Waals surface area contributed by atoms with E-state index in [1.807, 2.05) is 31.0 Å². The molecule has 1 atom stereocenters. The van der Waals surface area contributed by atoms with Gasteiger partial charge in [0.15, 0.2) is 6.61 Å². The summed E-state index contributed by atoms with van der Waals surface area (Å²) < 4.78 is 5.21. The quantitative estimate of drug-likeness (QED) is 0.713. The molecule has 0 saturated carbocycles. The monoisotopic (exact) mass is 419 g/mol. The Morgan fingerprint density at radius 2 is 1.81 bits per heavy atom. The zero-order valence-corrected chi connectivity index (χ0v) is 18.2. The van der Waals surface area contributed by atoms with Crippen molar-refractivity contribution >= 4 is 23.3 Å². The Balaban J connectivity index is 1.28. The molecule has 1 unspecified atom stereocenters. The molecular formula is C25H29N3O3. The number of rotatable bonds is 6. The van der Waals surface area contributed by atoms with Crippen LogP contribution in [0.1, 0.15) is 66.2 Å². The van der Waals surface area contributed by atoms with E-state index in [0.717, 1.165) is 42.8 Å². The number of carbonyl (C=O) groups is 2. The second-order valence-corrected chi connectivity index (χ2v) is 8.36. The third-order valence-electron chi connectivity index (χ3n) is 5.96. The molecular weight excluding hydrogens is 390 g/mol. The number of carbonyl (C=O) groups excluding carboxylic acids is 2. The number of benzene rings is 2. The molecule has 1 aliphatic heterocycles. The standard InChI is InChI=1S/C25H29N3O3/c1-17-13-14-28(27-17)23-11-9-20(10-12-23)25(30)31-16-24(29)26-18(2)21-8-7-19-5-3-4-6-22(19)15-21/h7-12,15,18H,3-6,13-14,16H2,1-2H3,(H,26,29). The largest absolute Gasteiger partial charge is 0.452 e. The molecule has 6 nitrogen and oxygen atoms in total. The van der Waals surface area contributed by atoms with Crippen LogP contribution in [-0.4, -0.2) is 30.7 Å². The molecule has 0 saturated heterocycles. The Bertz CT molecular complexity index is 998. The number of hydrazone groups is 1. The lowest BCUT2D eigenvalue weighted by Gasteiger charge is -2.20. The predicted molar refractivity (Wildman–Crippen MR) is 121 cm³/mol. The molecule has 6 heteroatoms. The molecule has 1 N–H and O–H groups in total. The molecule has 0 spiro atoms. The van der Waals surface area contributed by atoms with Crippen molar-refractivity contribution < 1.29 is 14.3 Å². The summed E-state index contributed by atoms with van der Waals surface area (Å²) in [5, 5.41) is 9.29. The molecule has 1 heterocycles. The molecule has 2 aromatic carbocycles. The highest BCUT2D eigenvalue weighted by molar-refractivity contribution is 5.92. The summed E-state index contributed by atoms with van der Waals surface area (Å²) in [7, 11) is 0. The topological polar surface area (TPSA) is 71.0 Å². The van der Waals surface area contributed by atoms with Crippen molar-refractivity contribution in [3.8, 4) is 0 Å². The molecule has 0 aromatic heterocycles. The van der Waals surface area contributed by atoms with Gasteiger partial charge in [0.25, 0.3) is 5.91 Å². The number of hydrogen-bond acceptors (Lipinski definition) is 5. The molecule has 31 heavy (non-hydrogen) atoms. The minimum Gasteiger partial charge on any atom is -0.452 e. The summed E-state index contributed by atoms with van der Waals surface area (Å²) in [4.78, 5) is 24.6. The summed E-state index contributed by atoms with van der Waals surface area (Å²) in [5.41, 5.74) is 6.33. The highest BCUT2D eigenvalue weighted by Gasteiger charge is 2.17. The van der Waals surface area contributed by atoms with E-state index in [1.165, 1.54) is 24.0 Å². The van der Waals surface area contributed by atoms with Gasteiger partial charge in [-0.05, 0) is 80.5 Å². The Hall–Kier alpha value is -3.15. The number of ether oxygens (including phenoxy) is 1. The normalized spacial score (nSPS) is 16.3. The lowest BCUT2D eigenvalue weighted by atomic mass is 9.89. The van der Waals surface area contributed by atoms with E-state index in [-0.39, 0.29) is 18.6 Å². The molecule has 162 valence electrons. The molecule has 4 rings (SSSR count). The van der Waals surface area contributed by atoms with Crippen LogP contribution in [0.4, 0.5) is 5.69 Å². The van der Waals surface area contributed by atoms with E-state index >= 15 is 0 Å². The Morgan fingerprint density at radius 3 is 2.52 bits per heavy atom. The number of aryl methyl sites for hydroxylation is 2. The van der Waals surface area contributed by atoms with Crippen LogP contribution in [-0.2, 0) is 22.4 Å². The molecule has 1 aliphatic carbocycles. The highest BCUT2D eigenvalue weighted by atomic mass is 16.5. The number of anilines is 1. The van der Waals surface area contributed by atoms with E-state index in [1.54, 1.807) is 12.1 Å². The lowest BCUT2D eigenvalue weighted by molar-refractivity contribution is -0.124. The number of nitrogens with one attached hydrogen (secondary N) is 1. The zero-order valence-electron chi connectivity index (χ0n) is 18.2. The molecule has 0 bridgehead atoms. The fourth-order valence-corrected chi connectivity index (χ4v) is 4.13. The van der Waals surface area contributed by atoms with Crippen molar-refractivity contribution in [2.75, 3.05) is 18.2 Å². The number of esters is 1. The molecule has 2 aliphatic rings. The van der Waals surface area contributed by atoms with E-state index in [9.17, 15) is 9.59 Å². The Labute approximate surface area is 183 Å². The van der Waals surface area contributed by atoms with Crippen LogP contribution in [0.25, 0.3) is 0 Å². The highest BCUT2D eigenvalue weighted by Crippen LogP contribution is 2.25. The summed E-state index contributed by atoms with van der Waals surface area (Å²) in [6.45, 7) is 4.50. The van der Waals surface area contributed by atoms with Gasteiger partial charge in [-0.2, -0.15) is 5.10 Å². The van der Waals surface area contributed by atoms with Crippen LogP contribution < -0.4 is 10.3 Å². The van der Waals surface area contributed by atoms with Crippen molar-refractivity contribution in [3.05, 3.63) is 64.7 Å². The van der Waals surface area contributed by atoms with E-state index in [4.69, 9.17) is 4.74 Å². The zero-order chi connectivity index (χ0) is 21.8. The minimum atomic E-state index is -0.510. The first-order chi connectivity index (χ1) is 15.0. The molecule has 1 amide bonds. The Morgan fingerprint density at radius 1 is 1.06 bits per heavy atom. The summed E-state index contributed by atoms with van der Waals surface area (Å²) in [6.07, 6.45) is 5.66. The molecule has 0 radical (unpaired) electrons. The summed E-state index contributed by atoms with van der Waals surface area (Å²) >= 11 is 0. The average Bonchev–Trinajstić information content (AvgIpc) is 3.23. The SMILES string of the molecule is CC1=NN(c2ccc(C(=O)OCC(=O)NC(C)c3ccc4c(c3)CCCC4)cc2)CC1. The van der Waals surface area contributed by atoms with Gasteiger partial charge in [-0.15, -0.1) is 0 Å². The second kappa shape index (κ2) is 9.33. The molecule has 0 fully saturated rings. The van der Waals surface area contributed by atoms with Crippen molar-refractivity contribution in [2.45, 2.75) is 52.0 Å². The number of hydrogen-bond donors (Lipinski definition) is 1. The maximum atomic E-state index is 12.3. The van der Waals surface area contributed by atoms with Gasteiger partial charge >= 0.3 is 5.97 Å². The number of nitrogens with zero attached hydrogens (tertiary/aromatic N) is 2. The van der Waals surface area contributed by atoms with Crippen LogP contribution in [0.15, 0.2) is 47.6 Å². The Kier molecular flexibility index (Phi) is 6.35. The fraction of sp³-hybridized carbons (Fsp3) is 0.400. The predicted octanol–water partition coefficient (Wildman–Crippen LogP) is 4.19. The number of amides is 1. The first kappa shape index (κ1) is 21.1. The van der Waals surface area contributed by atoms with Crippen molar-refractivity contribution in [1.29, 1.82) is 0 Å². The van der Waals surface area contributed by atoms with Crippen LogP contribution in [0, 0.1) is 0 Å². The van der Waals surface area contributed by atoms with Gasteiger partial charge in [-0.25, -0.2) is 4.79 Å². The van der Waals surface area contributed by atoms with Gasteiger partial charge in [0.2, 0.25) is 0 Å². The average molecular weight is 420 g/mol. The van der Waals surface area contributed by atoms with Crippen LogP contribution in [0.2, 0.25) is 0 Å². The minimum absolute atomic E-state index is 0.137. The van der Waals surface area contributed by atoms with E-state index in [2.05, 4.69) is 28.6 Å². The van der Waals surface area contributed by atoms with Gasteiger partial charge in [0.05, 0.1) is 17.3 Å². The van der Waals surface area contributed by atoms with Gasteiger partial charge in [0, 0.05) is 18.7 Å².